The molecule has 0 spiro atoms. The Hall–Kier alpha value is -2.69. The predicted octanol–water partition coefficient (Wildman–Crippen LogP) is 2.92. The van der Waals surface area contributed by atoms with E-state index in [0.717, 1.165) is 0 Å². The quantitative estimate of drug-likeness (QED) is 0.798. The van der Waals surface area contributed by atoms with Crippen LogP contribution in [0.5, 0.6) is 0 Å². The zero-order valence-corrected chi connectivity index (χ0v) is 12.0. The Balaban J connectivity index is 1.83. The minimum atomic E-state index is 0.411. The fourth-order valence-electron chi connectivity index (χ4n) is 2.32. The molecule has 0 radical (unpaired) electrons. The van der Waals surface area contributed by atoms with Crippen molar-refractivity contribution in [2.45, 2.75) is 20.3 Å². The first-order valence-corrected chi connectivity index (χ1v) is 6.72. The van der Waals surface area contributed by atoms with Crippen LogP contribution in [0.25, 0.3) is 11.6 Å². The van der Waals surface area contributed by atoms with Crippen LogP contribution < -0.4 is 5.73 Å². The molecule has 0 aliphatic heterocycles. The number of rotatable bonds is 3. The van der Waals surface area contributed by atoms with Crippen LogP contribution in [0.3, 0.4) is 0 Å². The lowest BCUT2D eigenvalue weighted by molar-refractivity contribution is 0.422. The molecule has 0 saturated carbocycles. The van der Waals surface area contributed by atoms with Gasteiger partial charge in [0.2, 0.25) is 0 Å². The average Bonchev–Trinajstić information content (AvgIpc) is 2.87. The van der Waals surface area contributed by atoms with Crippen LogP contribution in [0.1, 0.15) is 22.5 Å². The van der Waals surface area contributed by atoms with Crippen LogP contribution in [0.15, 0.2) is 41.1 Å². The molecule has 3 rings (SSSR count). The smallest absolute Gasteiger partial charge is 0.276 e. The fourth-order valence-corrected chi connectivity index (χ4v) is 2.32. The minimum absolute atomic E-state index is 0.411. The molecular weight excluding hydrogens is 264 g/mol. The summed E-state index contributed by atoms with van der Waals surface area (Å²) in [6.07, 6.45) is 2.21. The number of aryl methyl sites for hydroxylation is 2. The Morgan fingerprint density at radius 3 is 2.52 bits per heavy atom. The van der Waals surface area contributed by atoms with Crippen molar-refractivity contribution < 1.29 is 4.52 Å². The standard InChI is InChI=1S/C16H16N4O/c1-10-5-11(2)7-12(6-10)8-15-19-16(21-20-15)14-4-3-13(17)9-18-14/h3-7,9H,8,17H2,1-2H3. The van der Waals surface area contributed by atoms with Crippen LogP contribution in [0.2, 0.25) is 0 Å². The van der Waals surface area contributed by atoms with E-state index in [4.69, 9.17) is 10.3 Å². The number of nitrogens with zero attached hydrogens (tertiary/aromatic N) is 3. The first-order valence-electron chi connectivity index (χ1n) is 6.72. The number of benzene rings is 1. The largest absolute Gasteiger partial charge is 0.397 e. The van der Waals surface area contributed by atoms with E-state index in [1.165, 1.54) is 16.7 Å². The van der Waals surface area contributed by atoms with Gasteiger partial charge >= 0.3 is 0 Å². The van der Waals surface area contributed by atoms with E-state index < -0.39 is 0 Å². The second-order valence-corrected chi connectivity index (χ2v) is 5.17. The molecule has 0 atom stereocenters. The summed E-state index contributed by atoms with van der Waals surface area (Å²) in [7, 11) is 0. The van der Waals surface area contributed by atoms with Crippen LogP contribution in [-0.2, 0) is 6.42 Å². The third-order valence-corrected chi connectivity index (χ3v) is 3.12. The highest BCUT2D eigenvalue weighted by molar-refractivity contribution is 5.50. The Morgan fingerprint density at radius 2 is 1.86 bits per heavy atom. The Kier molecular flexibility index (Phi) is 3.39. The van der Waals surface area contributed by atoms with Crippen molar-refractivity contribution in [3.05, 3.63) is 59.0 Å². The lowest BCUT2D eigenvalue weighted by Crippen LogP contribution is -1.93. The van der Waals surface area contributed by atoms with Crippen molar-refractivity contribution in [2.75, 3.05) is 5.73 Å². The first kappa shape index (κ1) is 13.3. The van der Waals surface area contributed by atoms with Crippen LogP contribution in [0, 0.1) is 13.8 Å². The zero-order chi connectivity index (χ0) is 14.8. The maximum atomic E-state index is 5.61. The number of pyridine rings is 1. The first-order chi connectivity index (χ1) is 10.1. The van der Waals surface area contributed by atoms with Gasteiger partial charge in [-0.1, -0.05) is 34.5 Å². The molecule has 2 aromatic heterocycles. The lowest BCUT2D eigenvalue weighted by Gasteiger charge is -2.01. The van der Waals surface area contributed by atoms with Gasteiger partial charge in [0, 0.05) is 6.42 Å². The van der Waals surface area contributed by atoms with Gasteiger partial charge in [0.15, 0.2) is 5.82 Å². The molecule has 106 valence electrons. The second kappa shape index (κ2) is 5.36. The maximum absolute atomic E-state index is 5.61. The van der Waals surface area contributed by atoms with Crippen molar-refractivity contribution >= 4 is 5.69 Å². The summed E-state index contributed by atoms with van der Waals surface area (Å²) in [6.45, 7) is 4.16. The number of nitrogens with two attached hydrogens (primary N) is 1. The molecule has 0 bridgehead atoms. The molecule has 3 aromatic rings. The van der Waals surface area contributed by atoms with Gasteiger partial charge in [-0.25, -0.2) is 4.98 Å². The molecule has 5 heteroatoms. The summed E-state index contributed by atoms with van der Waals surface area (Å²) in [5.41, 5.74) is 10.5. The third kappa shape index (κ3) is 3.08. The molecule has 0 amide bonds. The Bertz CT molecular complexity index is 742. The van der Waals surface area contributed by atoms with E-state index >= 15 is 0 Å². The summed E-state index contributed by atoms with van der Waals surface area (Å²) in [5.74, 6) is 1.06. The highest BCUT2D eigenvalue weighted by Gasteiger charge is 2.10. The van der Waals surface area contributed by atoms with E-state index in [0.29, 0.717) is 29.5 Å². The normalized spacial score (nSPS) is 10.8. The monoisotopic (exact) mass is 280 g/mol. The van der Waals surface area contributed by atoms with Crippen molar-refractivity contribution in [1.82, 2.24) is 15.1 Å². The van der Waals surface area contributed by atoms with Gasteiger partial charge < -0.3 is 10.3 Å². The van der Waals surface area contributed by atoms with E-state index in [1.54, 1.807) is 18.3 Å². The van der Waals surface area contributed by atoms with E-state index in [-0.39, 0.29) is 0 Å². The molecule has 2 N–H and O–H groups in total. The Labute approximate surface area is 122 Å². The third-order valence-electron chi connectivity index (χ3n) is 3.12. The molecule has 1 aromatic carbocycles. The highest BCUT2D eigenvalue weighted by Crippen LogP contribution is 2.17. The van der Waals surface area contributed by atoms with Gasteiger partial charge in [0.05, 0.1) is 11.9 Å². The maximum Gasteiger partial charge on any atom is 0.276 e. The molecule has 0 fully saturated rings. The van der Waals surface area contributed by atoms with Crippen molar-refractivity contribution in [3.63, 3.8) is 0 Å². The van der Waals surface area contributed by atoms with Crippen LogP contribution >= 0.6 is 0 Å². The predicted molar refractivity (Wildman–Crippen MR) is 80.7 cm³/mol. The SMILES string of the molecule is Cc1cc(C)cc(Cc2noc(-c3ccc(N)cn3)n2)c1. The summed E-state index contributed by atoms with van der Waals surface area (Å²) < 4.78 is 5.26. The van der Waals surface area contributed by atoms with Crippen LogP contribution in [0.4, 0.5) is 5.69 Å². The number of anilines is 1. The van der Waals surface area contributed by atoms with E-state index in [2.05, 4.69) is 47.2 Å². The summed E-state index contributed by atoms with van der Waals surface area (Å²) >= 11 is 0. The van der Waals surface area contributed by atoms with Crippen molar-refractivity contribution in [2.24, 2.45) is 0 Å². The molecule has 5 nitrogen and oxygen atoms in total. The second-order valence-electron chi connectivity index (χ2n) is 5.17. The van der Waals surface area contributed by atoms with Gasteiger partial charge in [0.1, 0.15) is 5.69 Å². The highest BCUT2D eigenvalue weighted by atomic mass is 16.5. The van der Waals surface area contributed by atoms with Crippen molar-refractivity contribution in [1.29, 1.82) is 0 Å². The number of nitrogen functional groups attached to an aromatic ring is 1. The zero-order valence-electron chi connectivity index (χ0n) is 12.0. The summed E-state index contributed by atoms with van der Waals surface area (Å²) in [6, 6.07) is 9.93. The molecule has 0 aliphatic rings. The Morgan fingerprint density at radius 1 is 1.10 bits per heavy atom. The van der Waals surface area contributed by atoms with Gasteiger partial charge in [0.25, 0.3) is 5.89 Å². The molecule has 0 saturated heterocycles. The summed E-state index contributed by atoms with van der Waals surface area (Å²) in [4.78, 5) is 8.56. The van der Waals surface area contributed by atoms with E-state index in [9.17, 15) is 0 Å². The molecular formula is C16H16N4O. The summed E-state index contributed by atoms with van der Waals surface area (Å²) in [5, 5.41) is 4.01. The number of aromatic nitrogens is 3. The minimum Gasteiger partial charge on any atom is -0.397 e. The van der Waals surface area contributed by atoms with Gasteiger partial charge in [-0.05, 0) is 31.5 Å². The molecule has 0 aliphatic carbocycles. The van der Waals surface area contributed by atoms with E-state index in [1.807, 2.05) is 0 Å². The number of hydrogen-bond donors (Lipinski definition) is 1. The fraction of sp³-hybridized carbons (Fsp3) is 0.188. The van der Waals surface area contributed by atoms with Gasteiger partial charge in [-0.3, -0.25) is 0 Å². The lowest BCUT2D eigenvalue weighted by atomic mass is 10.1. The van der Waals surface area contributed by atoms with Gasteiger partial charge in [-0.15, -0.1) is 0 Å². The molecule has 21 heavy (non-hydrogen) atoms. The molecule has 2 heterocycles. The topological polar surface area (TPSA) is 77.8 Å². The van der Waals surface area contributed by atoms with Crippen LogP contribution in [-0.4, -0.2) is 15.1 Å². The van der Waals surface area contributed by atoms with Crippen molar-refractivity contribution in [3.8, 4) is 11.6 Å². The van der Waals surface area contributed by atoms with Gasteiger partial charge in [-0.2, -0.15) is 4.98 Å². The molecule has 0 unspecified atom stereocenters. The number of hydrogen-bond acceptors (Lipinski definition) is 5. The average molecular weight is 280 g/mol.